The molecule has 3 aliphatic rings. The van der Waals surface area contributed by atoms with E-state index in [9.17, 15) is 14.7 Å². The highest BCUT2D eigenvalue weighted by molar-refractivity contribution is 5.86. The van der Waals surface area contributed by atoms with E-state index in [1.807, 2.05) is 23.1 Å². The number of amides is 1. The van der Waals surface area contributed by atoms with Gasteiger partial charge in [0.2, 0.25) is 5.91 Å². The molecule has 1 N–H and O–H groups in total. The monoisotopic (exact) mass is 331 g/mol. The molecule has 0 radical (unpaired) electrons. The number of carboxylic acid groups (broad SMARTS) is 1. The number of hydrogen-bond acceptors (Lipinski definition) is 4. The average molecular weight is 331 g/mol. The first-order chi connectivity index (χ1) is 11.6. The van der Waals surface area contributed by atoms with Crippen LogP contribution in [0.15, 0.2) is 18.2 Å². The Labute approximate surface area is 140 Å². The zero-order chi connectivity index (χ0) is 16.7. The van der Waals surface area contributed by atoms with Crippen LogP contribution in [0.5, 0.6) is 11.5 Å². The van der Waals surface area contributed by atoms with E-state index < -0.39 is 11.9 Å². The Bertz CT molecular complexity index is 673. The highest BCUT2D eigenvalue weighted by Crippen LogP contribution is 2.42. The summed E-state index contributed by atoms with van der Waals surface area (Å²) in [6.45, 7) is 1.78. The molecule has 1 aliphatic carbocycles. The maximum atomic E-state index is 12.8. The number of aliphatic carboxylic acids is 1. The lowest BCUT2D eigenvalue weighted by atomic mass is 9.72. The molecule has 24 heavy (non-hydrogen) atoms. The number of benzene rings is 1. The molecule has 6 heteroatoms. The number of hydrogen-bond donors (Lipinski definition) is 1. The molecule has 0 aromatic heterocycles. The lowest BCUT2D eigenvalue weighted by Crippen LogP contribution is -2.45. The summed E-state index contributed by atoms with van der Waals surface area (Å²) in [6, 6.07) is 5.84. The SMILES string of the molecule is O=C(O)C1CCC1C(=O)N1CCCC1c1ccc2c(c1)OCCO2. The van der Waals surface area contributed by atoms with Gasteiger partial charge >= 0.3 is 5.97 Å². The third-order valence-electron chi connectivity index (χ3n) is 5.40. The summed E-state index contributed by atoms with van der Waals surface area (Å²) in [5, 5.41) is 9.21. The van der Waals surface area contributed by atoms with E-state index in [2.05, 4.69) is 0 Å². The highest BCUT2D eigenvalue weighted by Gasteiger charge is 2.45. The fourth-order valence-corrected chi connectivity index (χ4v) is 3.95. The van der Waals surface area contributed by atoms with Crippen molar-refractivity contribution in [3.8, 4) is 11.5 Å². The number of fused-ring (bicyclic) bond motifs is 1. The first kappa shape index (κ1) is 15.3. The van der Waals surface area contributed by atoms with Crippen molar-refractivity contribution >= 4 is 11.9 Å². The number of nitrogens with zero attached hydrogens (tertiary/aromatic N) is 1. The molecule has 2 heterocycles. The topological polar surface area (TPSA) is 76.1 Å². The number of carbonyl (C=O) groups is 2. The Morgan fingerprint density at radius 3 is 2.50 bits per heavy atom. The van der Waals surface area contributed by atoms with E-state index in [-0.39, 0.29) is 17.9 Å². The van der Waals surface area contributed by atoms with Gasteiger partial charge in [0.05, 0.1) is 17.9 Å². The average Bonchev–Trinajstić information content (AvgIpc) is 3.02. The number of rotatable bonds is 3. The summed E-state index contributed by atoms with van der Waals surface area (Å²) in [5.41, 5.74) is 1.04. The number of carboxylic acids is 1. The molecule has 2 fully saturated rings. The predicted octanol–water partition coefficient (Wildman–Crippen LogP) is 2.23. The quantitative estimate of drug-likeness (QED) is 0.919. The molecule has 4 rings (SSSR count). The van der Waals surface area contributed by atoms with Gasteiger partial charge in [-0.1, -0.05) is 6.07 Å². The summed E-state index contributed by atoms with van der Waals surface area (Å²) in [5.74, 6) is -0.268. The molecule has 6 nitrogen and oxygen atoms in total. The Balaban J connectivity index is 1.54. The fraction of sp³-hybridized carbons (Fsp3) is 0.556. The second-order valence-electron chi connectivity index (χ2n) is 6.72. The Morgan fingerprint density at radius 1 is 1.04 bits per heavy atom. The van der Waals surface area contributed by atoms with Gasteiger partial charge in [-0.25, -0.2) is 0 Å². The lowest BCUT2D eigenvalue weighted by Gasteiger charge is -2.37. The van der Waals surface area contributed by atoms with Crippen LogP contribution >= 0.6 is 0 Å². The van der Waals surface area contributed by atoms with Crippen LogP contribution in [0, 0.1) is 11.8 Å². The molecule has 3 unspecified atom stereocenters. The number of carbonyl (C=O) groups excluding carboxylic acids is 1. The zero-order valence-corrected chi connectivity index (χ0v) is 13.4. The first-order valence-electron chi connectivity index (χ1n) is 8.58. The van der Waals surface area contributed by atoms with Gasteiger partial charge in [-0.2, -0.15) is 0 Å². The van der Waals surface area contributed by atoms with Gasteiger partial charge in [-0.3, -0.25) is 9.59 Å². The van der Waals surface area contributed by atoms with Crippen LogP contribution in [0.25, 0.3) is 0 Å². The summed E-state index contributed by atoms with van der Waals surface area (Å²) in [7, 11) is 0. The molecule has 3 atom stereocenters. The molecule has 128 valence electrons. The third kappa shape index (κ3) is 2.50. The van der Waals surface area contributed by atoms with Crippen molar-refractivity contribution in [1.29, 1.82) is 0 Å². The van der Waals surface area contributed by atoms with E-state index in [1.165, 1.54) is 0 Å². The Kier molecular flexibility index (Phi) is 3.82. The summed E-state index contributed by atoms with van der Waals surface area (Å²) in [6.07, 6.45) is 3.12. The predicted molar refractivity (Wildman–Crippen MR) is 85.0 cm³/mol. The molecule has 1 saturated carbocycles. The van der Waals surface area contributed by atoms with Crippen molar-refractivity contribution in [2.45, 2.75) is 31.7 Å². The van der Waals surface area contributed by atoms with Gasteiger partial charge in [0, 0.05) is 6.54 Å². The maximum absolute atomic E-state index is 12.8. The van der Waals surface area contributed by atoms with E-state index in [0.29, 0.717) is 32.6 Å². The van der Waals surface area contributed by atoms with Crippen LogP contribution in [0.2, 0.25) is 0 Å². The maximum Gasteiger partial charge on any atom is 0.307 e. The van der Waals surface area contributed by atoms with Crippen molar-refractivity contribution in [2.24, 2.45) is 11.8 Å². The standard InChI is InChI=1S/C18H21NO5/c20-17(12-4-5-13(12)18(21)22)19-7-1-2-14(19)11-3-6-15-16(10-11)24-9-8-23-15/h3,6,10,12-14H,1-2,4-5,7-9H2,(H,21,22). The summed E-state index contributed by atoms with van der Waals surface area (Å²) in [4.78, 5) is 25.9. The second-order valence-corrected chi connectivity index (χ2v) is 6.72. The van der Waals surface area contributed by atoms with Crippen LogP contribution in [0.1, 0.15) is 37.3 Å². The molecule has 2 aliphatic heterocycles. The van der Waals surface area contributed by atoms with E-state index in [4.69, 9.17) is 9.47 Å². The van der Waals surface area contributed by atoms with Gasteiger partial charge in [0.25, 0.3) is 0 Å². The van der Waals surface area contributed by atoms with Crippen LogP contribution < -0.4 is 9.47 Å². The van der Waals surface area contributed by atoms with Crippen molar-refractivity contribution in [2.75, 3.05) is 19.8 Å². The lowest BCUT2D eigenvalue weighted by molar-refractivity contribution is -0.157. The molecular weight excluding hydrogens is 310 g/mol. The molecule has 0 bridgehead atoms. The van der Waals surface area contributed by atoms with Crippen molar-refractivity contribution in [3.63, 3.8) is 0 Å². The molecule has 1 amide bonds. The molecular formula is C18H21NO5. The van der Waals surface area contributed by atoms with E-state index in [0.717, 1.165) is 29.9 Å². The van der Waals surface area contributed by atoms with Gasteiger partial charge in [-0.15, -0.1) is 0 Å². The Morgan fingerprint density at radius 2 is 1.79 bits per heavy atom. The largest absolute Gasteiger partial charge is 0.486 e. The van der Waals surface area contributed by atoms with Crippen LogP contribution in [0.3, 0.4) is 0 Å². The zero-order valence-electron chi connectivity index (χ0n) is 13.4. The number of likely N-dealkylation sites (tertiary alicyclic amines) is 1. The number of ether oxygens (including phenoxy) is 2. The molecule has 0 spiro atoms. The van der Waals surface area contributed by atoms with Gasteiger partial charge < -0.3 is 19.5 Å². The summed E-state index contributed by atoms with van der Waals surface area (Å²) < 4.78 is 11.2. The van der Waals surface area contributed by atoms with Crippen LogP contribution in [-0.2, 0) is 9.59 Å². The smallest absolute Gasteiger partial charge is 0.307 e. The molecule has 1 saturated heterocycles. The van der Waals surface area contributed by atoms with Gasteiger partial charge in [0.15, 0.2) is 11.5 Å². The Hall–Kier alpha value is -2.24. The van der Waals surface area contributed by atoms with Gasteiger partial charge in [0.1, 0.15) is 13.2 Å². The van der Waals surface area contributed by atoms with Crippen molar-refractivity contribution < 1.29 is 24.2 Å². The minimum Gasteiger partial charge on any atom is -0.486 e. The second kappa shape index (κ2) is 6.00. The minimum atomic E-state index is -0.852. The minimum absolute atomic E-state index is 0.00312. The van der Waals surface area contributed by atoms with E-state index in [1.54, 1.807) is 0 Å². The van der Waals surface area contributed by atoms with Crippen molar-refractivity contribution in [1.82, 2.24) is 4.90 Å². The van der Waals surface area contributed by atoms with Crippen molar-refractivity contribution in [3.05, 3.63) is 23.8 Å². The first-order valence-corrected chi connectivity index (χ1v) is 8.58. The van der Waals surface area contributed by atoms with Gasteiger partial charge in [-0.05, 0) is 43.4 Å². The highest BCUT2D eigenvalue weighted by atomic mass is 16.6. The summed E-state index contributed by atoms with van der Waals surface area (Å²) >= 11 is 0. The fourth-order valence-electron chi connectivity index (χ4n) is 3.95. The molecule has 1 aromatic rings. The van der Waals surface area contributed by atoms with E-state index >= 15 is 0 Å². The normalized spacial score (nSPS) is 28.3. The van der Waals surface area contributed by atoms with Crippen LogP contribution in [0.4, 0.5) is 0 Å². The third-order valence-corrected chi connectivity index (χ3v) is 5.40. The van der Waals surface area contributed by atoms with Crippen LogP contribution in [-0.4, -0.2) is 41.6 Å². The molecule has 1 aromatic carbocycles.